The third-order valence-electron chi connectivity index (χ3n) is 1.07. The fraction of sp³-hybridized carbons (Fsp3) is 0.125. The lowest BCUT2D eigenvalue weighted by Gasteiger charge is -1.95. The zero-order valence-electron chi connectivity index (χ0n) is 5.17. The maximum Gasteiger partial charge on any atom is 0.211 e. The molecule has 0 saturated carbocycles. The van der Waals surface area contributed by atoms with Crippen LogP contribution in [0.2, 0.25) is 0 Å². The van der Waals surface area contributed by atoms with E-state index in [9.17, 15) is 4.79 Å². The van der Waals surface area contributed by atoms with Crippen molar-refractivity contribution in [2.75, 3.05) is 5.32 Å². The molecule has 0 bridgehead atoms. The van der Waals surface area contributed by atoms with Gasteiger partial charge in [0.15, 0.2) is 0 Å². The van der Waals surface area contributed by atoms with Gasteiger partial charge in [0.1, 0.15) is 0 Å². The second-order valence-corrected chi connectivity index (χ2v) is 2.68. The molecule has 3 heteroatoms. The maximum absolute atomic E-state index is 9.94. The minimum atomic E-state index is 0. The number of carbonyl (C=O) groups excluding carboxylic acids is 1. The third kappa shape index (κ3) is 3.18. The molecule has 0 aliphatic heterocycles. The van der Waals surface area contributed by atoms with Crippen LogP contribution in [0.3, 0.4) is 0 Å². The van der Waals surface area contributed by atoms with E-state index in [2.05, 4.69) is 21.2 Å². The van der Waals surface area contributed by atoms with Gasteiger partial charge < -0.3 is 5.32 Å². The Morgan fingerprint density at radius 1 is 1.27 bits per heavy atom. The average molecular weight is 216 g/mol. The van der Waals surface area contributed by atoms with Crippen LogP contribution in [-0.2, 0) is 4.79 Å². The van der Waals surface area contributed by atoms with E-state index in [0.29, 0.717) is 6.41 Å². The van der Waals surface area contributed by atoms with E-state index in [4.69, 9.17) is 0 Å². The first-order valence-electron chi connectivity index (χ1n) is 2.78. The molecule has 0 radical (unpaired) electrons. The summed E-state index contributed by atoms with van der Waals surface area (Å²) < 4.78 is 1.00. The van der Waals surface area contributed by atoms with Crippen molar-refractivity contribution in [1.82, 2.24) is 0 Å². The molecule has 0 spiro atoms. The number of halogens is 1. The lowest BCUT2D eigenvalue weighted by atomic mass is 10.3. The minimum absolute atomic E-state index is 0. The Morgan fingerprint density at radius 3 is 2.27 bits per heavy atom. The highest BCUT2D eigenvalue weighted by atomic mass is 79.9. The Kier molecular flexibility index (Phi) is 4.54. The largest absolute Gasteiger partial charge is 0.329 e. The Bertz CT molecular complexity index is 220. The van der Waals surface area contributed by atoms with Gasteiger partial charge in [-0.15, -0.1) is 0 Å². The Hall–Kier alpha value is -0.830. The van der Waals surface area contributed by atoms with Gasteiger partial charge in [-0.1, -0.05) is 23.4 Å². The first-order valence-corrected chi connectivity index (χ1v) is 3.58. The standard InChI is InChI=1S/C7H6BrNO.CH4/c8-6-1-3-7(4-2-6)9-5-10;/h1-5H,(H,9,10);1H4. The van der Waals surface area contributed by atoms with Gasteiger partial charge in [-0.2, -0.15) is 0 Å². The van der Waals surface area contributed by atoms with E-state index < -0.39 is 0 Å². The van der Waals surface area contributed by atoms with Gasteiger partial charge in [-0.25, -0.2) is 0 Å². The summed E-state index contributed by atoms with van der Waals surface area (Å²) in [6, 6.07) is 7.37. The molecule has 1 aromatic carbocycles. The van der Waals surface area contributed by atoms with Crippen LogP contribution in [0.15, 0.2) is 28.7 Å². The molecular weight excluding hydrogens is 206 g/mol. The molecule has 11 heavy (non-hydrogen) atoms. The van der Waals surface area contributed by atoms with Crippen LogP contribution in [0, 0.1) is 0 Å². The van der Waals surface area contributed by atoms with Crippen LogP contribution in [-0.4, -0.2) is 6.41 Å². The summed E-state index contributed by atoms with van der Waals surface area (Å²) in [7, 11) is 0. The van der Waals surface area contributed by atoms with Gasteiger partial charge in [0.05, 0.1) is 0 Å². The molecule has 2 nitrogen and oxygen atoms in total. The number of nitrogens with one attached hydrogen (secondary N) is 1. The van der Waals surface area contributed by atoms with Gasteiger partial charge >= 0.3 is 0 Å². The molecule has 0 unspecified atom stereocenters. The number of benzene rings is 1. The van der Waals surface area contributed by atoms with Crippen LogP contribution in [0.5, 0.6) is 0 Å². The first-order chi connectivity index (χ1) is 4.83. The van der Waals surface area contributed by atoms with Crippen LogP contribution < -0.4 is 5.32 Å². The fourth-order valence-corrected chi connectivity index (χ4v) is 0.878. The van der Waals surface area contributed by atoms with Crippen molar-refractivity contribution in [1.29, 1.82) is 0 Å². The van der Waals surface area contributed by atoms with Gasteiger partial charge in [0.25, 0.3) is 0 Å². The molecule has 1 rings (SSSR count). The molecule has 0 fully saturated rings. The van der Waals surface area contributed by atoms with E-state index in [-0.39, 0.29) is 7.43 Å². The molecule has 1 N–H and O–H groups in total. The number of carbonyl (C=O) groups is 1. The van der Waals surface area contributed by atoms with E-state index >= 15 is 0 Å². The Balaban J connectivity index is 0.000001000. The molecule has 0 atom stereocenters. The van der Waals surface area contributed by atoms with E-state index in [1.165, 1.54) is 0 Å². The van der Waals surface area contributed by atoms with Crippen LogP contribution in [0.1, 0.15) is 7.43 Å². The number of hydrogen-bond acceptors (Lipinski definition) is 1. The SMILES string of the molecule is C.O=CNc1ccc(Br)cc1. The Morgan fingerprint density at radius 2 is 1.82 bits per heavy atom. The van der Waals surface area contributed by atoms with Crippen molar-refractivity contribution in [3.8, 4) is 0 Å². The van der Waals surface area contributed by atoms with Crippen molar-refractivity contribution in [2.45, 2.75) is 7.43 Å². The summed E-state index contributed by atoms with van der Waals surface area (Å²) in [5.74, 6) is 0. The second kappa shape index (κ2) is 4.91. The molecule has 1 amide bonds. The molecule has 0 aliphatic rings. The summed E-state index contributed by atoms with van der Waals surface area (Å²) in [6.45, 7) is 0. The van der Waals surface area contributed by atoms with Crippen LogP contribution in [0.4, 0.5) is 5.69 Å². The summed E-state index contributed by atoms with van der Waals surface area (Å²) in [5, 5.41) is 2.53. The van der Waals surface area contributed by atoms with Gasteiger partial charge in [-0.3, -0.25) is 4.79 Å². The zero-order valence-corrected chi connectivity index (χ0v) is 6.76. The highest BCUT2D eigenvalue weighted by molar-refractivity contribution is 9.10. The number of amides is 1. The predicted molar refractivity (Wildman–Crippen MR) is 50.6 cm³/mol. The van der Waals surface area contributed by atoms with E-state index in [1.54, 1.807) is 0 Å². The monoisotopic (exact) mass is 215 g/mol. The fourth-order valence-electron chi connectivity index (χ4n) is 0.614. The second-order valence-electron chi connectivity index (χ2n) is 1.77. The van der Waals surface area contributed by atoms with Crippen LogP contribution >= 0.6 is 15.9 Å². The highest BCUT2D eigenvalue weighted by Crippen LogP contribution is 2.12. The van der Waals surface area contributed by atoms with E-state index in [1.807, 2.05) is 24.3 Å². The third-order valence-corrected chi connectivity index (χ3v) is 1.60. The quantitative estimate of drug-likeness (QED) is 0.756. The van der Waals surface area contributed by atoms with Gasteiger partial charge in [0, 0.05) is 10.2 Å². The lowest BCUT2D eigenvalue weighted by Crippen LogP contribution is -1.91. The average Bonchev–Trinajstić information content (AvgIpc) is 1.95. The normalized spacial score (nSPS) is 8.09. The predicted octanol–water partition coefficient (Wildman–Crippen LogP) is 2.65. The summed E-state index contributed by atoms with van der Waals surface area (Å²) in [6.07, 6.45) is 0.656. The number of hydrogen-bond donors (Lipinski definition) is 1. The molecular formula is C8H10BrNO. The first kappa shape index (κ1) is 10.2. The molecule has 1 aromatic rings. The minimum Gasteiger partial charge on any atom is -0.329 e. The summed E-state index contributed by atoms with van der Waals surface area (Å²) in [5.41, 5.74) is 0.804. The Labute approximate surface area is 74.7 Å². The van der Waals surface area contributed by atoms with Crippen LogP contribution in [0.25, 0.3) is 0 Å². The van der Waals surface area contributed by atoms with Crippen molar-refractivity contribution in [3.05, 3.63) is 28.7 Å². The van der Waals surface area contributed by atoms with Gasteiger partial charge in [0.2, 0.25) is 6.41 Å². The maximum atomic E-state index is 9.94. The van der Waals surface area contributed by atoms with E-state index in [0.717, 1.165) is 10.2 Å². The zero-order chi connectivity index (χ0) is 7.40. The van der Waals surface area contributed by atoms with Crippen molar-refractivity contribution < 1.29 is 4.79 Å². The van der Waals surface area contributed by atoms with Gasteiger partial charge in [-0.05, 0) is 24.3 Å². The van der Waals surface area contributed by atoms with Crippen molar-refractivity contribution in [2.24, 2.45) is 0 Å². The van der Waals surface area contributed by atoms with Crippen molar-refractivity contribution in [3.63, 3.8) is 0 Å². The molecule has 0 aliphatic carbocycles. The summed E-state index contributed by atoms with van der Waals surface area (Å²) in [4.78, 5) is 9.94. The number of rotatable bonds is 2. The topological polar surface area (TPSA) is 29.1 Å². The molecule has 0 saturated heterocycles. The molecule has 0 heterocycles. The molecule has 0 aromatic heterocycles. The van der Waals surface area contributed by atoms with Crippen molar-refractivity contribution >= 4 is 28.0 Å². The number of anilines is 1. The molecule has 60 valence electrons. The highest BCUT2D eigenvalue weighted by Gasteiger charge is 1.87. The smallest absolute Gasteiger partial charge is 0.211 e. The summed E-state index contributed by atoms with van der Waals surface area (Å²) >= 11 is 3.28. The lowest BCUT2D eigenvalue weighted by molar-refractivity contribution is -0.105.